The maximum atomic E-state index is 5.50. The molecule has 0 aliphatic carbocycles. The van der Waals surface area contributed by atoms with Crippen molar-refractivity contribution in [3.8, 4) is 0 Å². The zero-order valence-electron chi connectivity index (χ0n) is 5.80. The van der Waals surface area contributed by atoms with Crippen LogP contribution in [0.5, 0.6) is 0 Å². The van der Waals surface area contributed by atoms with Crippen LogP contribution in [0.25, 0.3) is 0 Å². The van der Waals surface area contributed by atoms with Crippen molar-refractivity contribution in [2.75, 3.05) is 6.54 Å². The second-order valence-corrected chi connectivity index (χ2v) is 4.77. The van der Waals surface area contributed by atoms with Crippen molar-refractivity contribution in [1.82, 2.24) is 0 Å². The van der Waals surface area contributed by atoms with Crippen LogP contribution in [0.15, 0.2) is 15.9 Å². The van der Waals surface area contributed by atoms with E-state index in [1.54, 1.807) is 11.3 Å². The minimum absolute atomic E-state index is 0.497. The molecule has 1 aromatic heterocycles. The van der Waals surface area contributed by atoms with E-state index < -0.39 is 0 Å². The van der Waals surface area contributed by atoms with E-state index in [1.165, 1.54) is 8.66 Å². The Morgan fingerprint density at radius 3 is 2.80 bits per heavy atom. The third kappa shape index (κ3) is 1.81. The SMILES string of the molecule is CC(CN)c1ccc(Br)s1. The highest BCUT2D eigenvalue weighted by molar-refractivity contribution is 9.11. The van der Waals surface area contributed by atoms with Gasteiger partial charge in [0.25, 0.3) is 0 Å². The van der Waals surface area contributed by atoms with Crippen molar-refractivity contribution in [3.63, 3.8) is 0 Å². The fraction of sp³-hybridized carbons (Fsp3) is 0.429. The number of thiophene rings is 1. The fourth-order valence-corrected chi connectivity index (χ4v) is 2.20. The molecule has 10 heavy (non-hydrogen) atoms. The van der Waals surface area contributed by atoms with Gasteiger partial charge in [-0.15, -0.1) is 11.3 Å². The van der Waals surface area contributed by atoms with Crippen LogP contribution in [0.4, 0.5) is 0 Å². The standard InChI is InChI=1S/C7H10BrNS/c1-5(4-9)6-2-3-7(8)10-6/h2-3,5H,4,9H2,1H3. The summed E-state index contributed by atoms with van der Waals surface area (Å²) in [6.07, 6.45) is 0. The normalized spacial score (nSPS) is 13.5. The van der Waals surface area contributed by atoms with Gasteiger partial charge in [-0.3, -0.25) is 0 Å². The summed E-state index contributed by atoms with van der Waals surface area (Å²) in [5, 5.41) is 0. The van der Waals surface area contributed by atoms with Crippen LogP contribution in [-0.2, 0) is 0 Å². The Kier molecular flexibility index (Phi) is 2.89. The van der Waals surface area contributed by atoms with E-state index in [9.17, 15) is 0 Å². The molecule has 0 aromatic carbocycles. The summed E-state index contributed by atoms with van der Waals surface area (Å²) in [7, 11) is 0. The van der Waals surface area contributed by atoms with Crippen molar-refractivity contribution < 1.29 is 0 Å². The predicted molar refractivity (Wildman–Crippen MR) is 49.5 cm³/mol. The first-order valence-electron chi connectivity index (χ1n) is 3.19. The highest BCUT2D eigenvalue weighted by Crippen LogP contribution is 2.27. The number of halogens is 1. The molecule has 56 valence electrons. The lowest BCUT2D eigenvalue weighted by Crippen LogP contribution is -2.06. The number of hydrogen-bond acceptors (Lipinski definition) is 2. The van der Waals surface area contributed by atoms with Gasteiger partial charge in [-0.1, -0.05) is 6.92 Å². The Balaban J connectivity index is 2.74. The van der Waals surface area contributed by atoms with E-state index in [1.807, 2.05) is 0 Å². The first-order chi connectivity index (χ1) is 4.74. The summed E-state index contributed by atoms with van der Waals surface area (Å²) < 4.78 is 1.18. The summed E-state index contributed by atoms with van der Waals surface area (Å²) in [6, 6.07) is 4.18. The smallest absolute Gasteiger partial charge is 0.0701 e. The molecular weight excluding hydrogens is 210 g/mol. The molecule has 0 saturated carbocycles. The summed E-state index contributed by atoms with van der Waals surface area (Å²) in [6.45, 7) is 2.87. The van der Waals surface area contributed by atoms with Gasteiger partial charge >= 0.3 is 0 Å². The Bertz CT molecular complexity index is 209. The molecule has 2 N–H and O–H groups in total. The summed E-state index contributed by atoms with van der Waals surface area (Å²) in [5.41, 5.74) is 5.50. The lowest BCUT2D eigenvalue weighted by atomic mass is 10.1. The zero-order valence-corrected chi connectivity index (χ0v) is 8.21. The molecule has 0 aliphatic rings. The topological polar surface area (TPSA) is 26.0 Å². The van der Waals surface area contributed by atoms with Gasteiger partial charge in [0.15, 0.2) is 0 Å². The second kappa shape index (κ2) is 3.51. The second-order valence-electron chi connectivity index (χ2n) is 2.28. The third-order valence-electron chi connectivity index (χ3n) is 1.43. The van der Waals surface area contributed by atoms with Gasteiger partial charge in [0.05, 0.1) is 3.79 Å². The van der Waals surface area contributed by atoms with Crippen LogP contribution < -0.4 is 5.73 Å². The van der Waals surface area contributed by atoms with Gasteiger partial charge in [-0.2, -0.15) is 0 Å². The average molecular weight is 220 g/mol. The van der Waals surface area contributed by atoms with Crippen molar-refractivity contribution in [2.45, 2.75) is 12.8 Å². The largest absolute Gasteiger partial charge is 0.330 e. The van der Waals surface area contributed by atoms with Crippen molar-refractivity contribution in [1.29, 1.82) is 0 Å². The van der Waals surface area contributed by atoms with Gasteiger partial charge in [0.2, 0.25) is 0 Å². The average Bonchev–Trinajstić information content (AvgIpc) is 2.34. The van der Waals surface area contributed by atoms with Crippen LogP contribution >= 0.6 is 27.3 Å². The number of rotatable bonds is 2. The molecule has 0 saturated heterocycles. The molecule has 1 heterocycles. The van der Waals surface area contributed by atoms with Crippen LogP contribution in [-0.4, -0.2) is 6.54 Å². The molecule has 1 unspecified atom stereocenters. The quantitative estimate of drug-likeness (QED) is 0.814. The van der Waals surface area contributed by atoms with Crippen molar-refractivity contribution in [2.24, 2.45) is 5.73 Å². The molecule has 3 heteroatoms. The summed E-state index contributed by atoms with van der Waals surface area (Å²) >= 11 is 5.16. The van der Waals surface area contributed by atoms with E-state index in [-0.39, 0.29) is 0 Å². The molecule has 0 aliphatic heterocycles. The zero-order chi connectivity index (χ0) is 7.56. The van der Waals surface area contributed by atoms with Crippen molar-refractivity contribution >= 4 is 27.3 Å². The molecule has 1 aromatic rings. The molecule has 0 radical (unpaired) electrons. The number of hydrogen-bond donors (Lipinski definition) is 1. The molecule has 1 rings (SSSR count). The Hall–Kier alpha value is 0.140. The lowest BCUT2D eigenvalue weighted by molar-refractivity contribution is 0.790. The van der Waals surface area contributed by atoms with Crippen molar-refractivity contribution in [3.05, 3.63) is 20.8 Å². The fourth-order valence-electron chi connectivity index (χ4n) is 0.709. The predicted octanol–water partition coefficient (Wildman–Crippen LogP) is 2.57. The molecule has 1 nitrogen and oxygen atoms in total. The molecule has 1 atom stereocenters. The van der Waals surface area contributed by atoms with Crippen LogP contribution in [0.3, 0.4) is 0 Å². The lowest BCUT2D eigenvalue weighted by Gasteiger charge is -2.02. The summed E-state index contributed by atoms with van der Waals surface area (Å²) in [4.78, 5) is 1.36. The van der Waals surface area contributed by atoms with Crippen LogP contribution in [0, 0.1) is 0 Å². The van der Waals surface area contributed by atoms with Gasteiger partial charge in [-0.05, 0) is 34.6 Å². The maximum Gasteiger partial charge on any atom is 0.0701 e. The first-order valence-corrected chi connectivity index (χ1v) is 4.80. The van der Waals surface area contributed by atoms with E-state index in [4.69, 9.17) is 5.73 Å². The Morgan fingerprint density at radius 1 is 1.70 bits per heavy atom. The minimum Gasteiger partial charge on any atom is -0.330 e. The van der Waals surface area contributed by atoms with E-state index in [0.717, 1.165) is 6.54 Å². The van der Waals surface area contributed by atoms with Gasteiger partial charge in [0, 0.05) is 10.8 Å². The molecule has 0 amide bonds. The van der Waals surface area contributed by atoms with Gasteiger partial charge < -0.3 is 5.73 Å². The Morgan fingerprint density at radius 2 is 2.40 bits per heavy atom. The first kappa shape index (κ1) is 8.24. The Labute approximate surface area is 73.4 Å². The monoisotopic (exact) mass is 219 g/mol. The van der Waals surface area contributed by atoms with Crippen LogP contribution in [0.1, 0.15) is 17.7 Å². The van der Waals surface area contributed by atoms with Gasteiger partial charge in [0.1, 0.15) is 0 Å². The molecule has 0 spiro atoms. The van der Waals surface area contributed by atoms with E-state index in [2.05, 4.69) is 35.0 Å². The maximum absolute atomic E-state index is 5.50. The highest BCUT2D eigenvalue weighted by atomic mass is 79.9. The highest BCUT2D eigenvalue weighted by Gasteiger charge is 2.04. The van der Waals surface area contributed by atoms with E-state index >= 15 is 0 Å². The molecular formula is C7H10BrNS. The third-order valence-corrected chi connectivity index (χ3v) is 3.29. The molecule has 0 fully saturated rings. The molecule has 0 bridgehead atoms. The number of nitrogens with two attached hydrogens (primary N) is 1. The van der Waals surface area contributed by atoms with Gasteiger partial charge in [-0.25, -0.2) is 0 Å². The van der Waals surface area contributed by atoms with E-state index in [0.29, 0.717) is 5.92 Å². The summed E-state index contributed by atoms with van der Waals surface area (Å²) in [5.74, 6) is 0.497. The van der Waals surface area contributed by atoms with Crippen LogP contribution in [0.2, 0.25) is 0 Å². The minimum atomic E-state index is 0.497.